The topological polar surface area (TPSA) is 138 Å². The second-order valence-corrected chi connectivity index (χ2v) is 7.44. The summed E-state index contributed by atoms with van der Waals surface area (Å²) in [5.41, 5.74) is 2.37. The third-order valence-corrected chi connectivity index (χ3v) is 5.02. The average Bonchev–Trinajstić information content (AvgIpc) is 2.79. The predicted octanol–water partition coefficient (Wildman–Crippen LogP) is -0.821. The summed E-state index contributed by atoms with van der Waals surface area (Å²) in [6.07, 6.45) is 3.95. The lowest BCUT2D eigenvalue weighted by molar-refractivity contribution is -0.139. The number of carbonyl (C=O) groups is 2. The Hall–Kier alpha value is -1.47. The molecule has 142 valence electrons. The zero-order valence-electron chi connectivity index (χ0n) is 13.6. The molecule has 12 heteroatoms. The van der Waals surface area contributed by atoms with E-state index in [0.717, 1.165) is 25.8 Å². The highest BCUT2D eigenvalue weighted by atomic mass is 32.3. The molecular weight excluding hydrogens is 356 g/mol. The first-order valence-electron chi connectivity index (χ1n) is 8.27. The van der Waals surface area contributed by atoms with Crippen LogP contribution in [0.1, 0.15) is 32.1 Å². The van der Waals surface area contributed by atoms with Crippen LogP contribution in [0.2, 0.25) is 0 Å². The third kappa shape index (κ3) is 4.39. The van der Waals surface area contributed by atoms with E-state index in [0.29, 0.717) is 24.5 Å². The van der Waals surface area contributed by atoms with Crippen LogP contribution in [0, 0.1) is 0 Å². The summed E-state index contributed by atoms with van der Waals surface area (Å²) in [4.78, 5) is 31.0. The van der Waals surface area contributed by atoms with Gasteiger partial charge in [-0.25, -0.2) is 10.3 Å². The lowest BCUT2D eigenvalue weighted by Gasteiger charge is -2.29. The van der Waals surface area contributed by atoms with Crippen LogP contribution in [0.25, 0.3) is 0 Å². The lowest BCUT2D eigenvalue weighted by atomic mass is 10.0. The predicted molar refractivity (Wildman–Crippen MR) is 83.1 cm³/mol. The second-order valence-electron chi connectivity index (χ2n) is 6.43. The minimum atomic E-state index is -4.80. The van der Waals surface area contributed by atoms with Gasteiger partial charge in [0.15, 0.2) is 0 Å². The maximum atomic E-state index is 12.3. The zero-order valence-corrected chi connectivity index (χ0v) is 14.4. The van der Waals surface area contributed by atoms with Gasteiger partial charge < -0.3 is 10.2 Å². The first kappa shape index (κ1) is 18.3. The summed E-state index contributed by atoms with van der Waals surface area (Å²) in [6, 6.07) is -1.87. The number of fused-ring (bicyclic) bond motifs is 2. The third-order valence-electron chi connectivity index (χ3n) is 4.67. The van der Waals surface area contributed by atoms with Gasteiger partial charge in [-0.05, 0) is 32.2 Å². The van der Waals surface area contributed by atoms with E-state index >= 15 is 0 Å². The van der Waals surface area contributed by atoms with Crippen molar-refractivity contribution in [2.75, 3.05) is 19.7 Å². The number of carbonyl (C=O) groups excluding carboxylic acids is 2. The molecule has 2 bridgehead atoms. The molecule has 3 amide bonds. The van der Waals surface area contributed by atoms with Crippen molar-refractivity contribution >= 4 is 22.3 Å². The Morgan fingerprint density at radius 1 is 1.32 bits per heavy atom. The summed E-state index contributed by atoms with van der Waals surface area (Å²) >= 11 is 0. The molecule has 3 fully saturated rings. The van der Waals surface area contributed by atoms with Gasteiger partial charge in [0.05, 0.1) is 12.6 Å². The van der Waals surface area contributed by atoms with Gasteiger partial charge in [-0.1, -0.05) is 6.42 Å². The summed E-state index contributed by atoms with van der Waals surface area (Å²) in [6.45, 7) is 1.42. The SMILES string of the molecule is O=C(NOC[C@H]1CCCCN1)[C@@H]1CC[C@@H]2CN1C(=O)N2OS(=O)(=O)O. The molecule has 25 heavy (non-hydrogen) atoms. The molecule has 3 saturated heterocycles. The van der Waals surface area contributed by atoms with Crippen molar-refractivity contribution in [2.24, 2.45) is 0 Å². The maximum absolute atomic E-state index is 12.3. The fourth-order valence-corrected chi connectivity index (χ4v) is 3.84. The molecule has 0 aromatic rings. The van der Waals surface area contributed by atoms with E-state index in [9.17, 15) is 18.0 Å². The molecule has 0 unspecified atom stereocenters. The molecule has 3 rings (SSSR count). The number of hydroxylamine groups is 3. The Labute approximate surface area is 145 Å². The molecule has 3 aliphatic heterocycles. The normalized spacial score (nSPS) is 29.8. The highest BCUT2D eigenvalue weighted by Gasteiger charge is 2.49. The lowest BCUT2D eigenvalue weighted by Crippen LogP contribution is -2.50. The van der Waals surface area contributed by atoms with Gasteiger partial charge in [0, 0.05) is 12.6 Å². The van der Waals surface area contributed by atoms with Crippen molar-refractivity contribution in [3.05, 3.63) is 0 Å². The fraction of sp³-hybridized carbons (Fsp3) is 0.846. The largest absolute Gasteiger partial charge is 0.418 e. The second kappa shape index (κ2) is 7.41. The van der Waals surface area contributed by atoms with Crippen LogP contribution in [-0.2, 0) is 24.3 Å². The van der Waals surface area contributed by atoms with E-state index in [1.807, 2.05) is 0 Å². The number of nitrogens with one attached hydrogen (secondary N) is 2. The van der Waals surface area contributed by atoms with Crippen molar-refractivity contribution in [1.29, 1.82) is 0 Å². The number of piperidine rings is 2. The summed E-state index contributed by atoms with van der Waals surface area (Å²) < 4.78 is 34.8. The van der Waals surface area contributed by atoms with E-state index in [-0.39, 0.29) is 12.6 Å². The molecule has 0 radical (unpaired) electrons. The Bertz CT molecular complexity index is 622. The van der Waals surface area contributed by atoms with E-state index < -0.39 is 34.4 Å². The maximum Gasteiger partial charge on any atom is 0.418 e. The number of rotatable bonds is 6. The molecule has 3 atom stereocenters. The number of nitrogens with zero attached hydrogens (tertiary/aromatic N) is 2. The minimum Gasteiger partial charge on any atom is -0.312 e. The molecule has 11 nitrogen and oxygen atoms in total. The van der Waals surface area contributed by atoms with Gasteiger partial charge in [0.25, 0.3) is 5.91 Å². The standard InChI is InChI=1S/C13H22N4O7S/c18-12(15-23-8-9-3-1-2-6-14-9)11-5-4-10-7-16(11)13(19)17(10)24-25(20,21)22/h9-11,14H,1-8H2,(H,15,18)(H,20,21,22)/t9-,10-,11+/m1/s1. The number of urea groups is 1. The van der Waals surface area contributed by atoms with E-state index in [2.05, 4.69) is 15.1 Å². The fourth-order valence-electron chi connectivity index (χ4n) is 3.45. The van der Waals surface area contributed by atoms with Crippen LogP contribution in [0.15, 0.2) is 0 Å². The smallest absolute Gasteiger partial charge is 0.312 e. The van der Waals surface area contributed by atoms with E-state index in [1.54, 1.807) is 0 Å². The van der Waals surface area contributed by atoms with Gasteiger partial charge in [0.1, 0.15) is 6.04 Å². The first-order valence-corrected chi connectivity index (χ1v) is 9.63. The van der Waals surface area contributed by atoms with Crippen LogP contribution in [0.5, 0.6) is 0 Å². The van der Waals surface area contributed by atoms with Crippen LogP contribution in [0.3, 0.4) is 0 Å². The first-order chi connectivity index (χ1) is 11.8. The number of hydrogen-bond donors (Lipinski definition) is 3. The quantitative estimate of drug-likeness (QED) is 0.403. The molecule has 0 aromatic carbocycles. The summed E-state index contributed by atoms with van der Waals surface area (Å²) in [7, 11) is -4.80. The van der Waals surface area contributed by atoms with Crippen molar-refractivity contribution in [3.8, 4) is 0 Å². The summed E-state index contributed by atoms with van der Waals surface area (Å²) in [5.74, 6) is -0.462. The minimum absolute atomic E-state index is 0.149. The Morgan fingerprint density at radius 3 is 2.80 bits per heavy atom. The Morgan fingerprint density at radius 2 is 2.12 bits per heavy atom. The van der Waals surface area contributed by atoms with Gasteiger partial charge in [-0.3, -0.25) is 14.2 Å². The summed E-state index contributed by atoms with van der Waals surface area (Å²) in [5, 5.41) is 3.90. The van der Waals surface area contributed by atoms with Gasteiger partial charge >= 0.3 is 16.4 Å². The van der Waals surface area contributed by atoms with Gasteiger partial charge in [-0.15, -0.1) is 4.28 Å². The van der Waals surface area contributed by atoms with Crippen LogP contribution >= 0.6 is 0 Å². The van der Waals surface area contributed by atoms with Crippen LogP contribution < -0.4 is 10.8 Å². The monoisotopic (exact) mass is 378 g/mol. The molecule has 3 N–H and O–H groups in total. The number of amides is 3. The Balaban J connectivity index is 1.51. The molecular formula is C13H22N4O7S. The molecule has 0 saturated carbocycles. The highest BCUT2D eigenvalue weighted by Crippen LogP contribution is 2.30. The average molecular weight is 378 g/mol. The number of hydrogen-bond acceptors (Lipinski definition) is 7. The van der Waals surface area contributed by atoms with Crippen molar-refractivity contribution in [2.45, 2.75) is 50.2 Å². The van der Waals surface area contributed by atoms with Gasteiger partial charge in [0.2, 0.25) is 0 Å². The molecule has 0 aliphatic carbocycles. The Kier molecular flexibility index (Phi) is 5.43. The van der Waals surface area contributed by atoms with Gasteiger partial charge in [-0.2, -0.15) is 13.5 Å². The molecule has 3 heterocycles. The van der Waals surface area contributed by atoms with E-state index in [4.69, 9.17) is 9.39 Å². The van der Waals surface area contributed by atoms with E-state index in [1.165, 1.54) is 4.90 Å². The molecule has 3 aliphatic rings. The van der Waals surface area contributed by atoms with Crippen molar-refractivity contribution in [1.82, 2.24) is 20.8 Å². The molecule has 0 spiro atoms. The van der Waals surface area contributed by atoms with Crippen molar-refractivity contribution < 1.29 is 31.7 Å². The van der Waals surface area contributed by atoms with Crippen LogP contribution in [-0.4, -0.2) is 72.7 Å². The molecule has 0 aromatic heterocycles. The van der Waals surface area contributed by atoms with Crippen LogP contribution in [0.4, 0.5) is 4.79 Å². The zero-order chi connectivity index (χ0) is 18.0. The van der Waals surface area contributed by atoms with Crippen molar-refractivity contribution in [3.63, 3.8) is 0 Å². The highest BCUT2D eigenvalue weighted by molar-refractivity contribution is 7.80.